The van der Waals surface area contributed by atoms with Crippen LogP contribution in [-0.4, -0.2) is 18.9 Å². The minimum Gasteiger partial charge on any atom is -0.382 e. The molecule has 3 aromatic heterocycles. The Balaban J connectivity index is 1.92. The second kappa shape index (κ2) is 7.50. The highest BCUT2D eigenvalue weighted by Crippen LogP contribution is 2.25. The minimum atomic E-state index is -0.520. The van der Waals surface area contributed by atoms with Gasteiger partial charge in [0.1, 0.15) is 40.9 Å². The lowest BCUT2D eigenvalue weighted by molar-refractivity contribution is 0.625. The molecule has 4 aromatic rings. The predicted molar refractivity (Wildman–Crippen MR) is 111 cm³/mol. The number of fused-ring (bicyclic) bond motifs is 1. The maximum absolute atomic E-state index is 13.9. The molecule has 1 atom stereocenters. The van der Waals surface area contributed by atoms with Gasteiger partial charge in [0.25, 0.3) is 5.56 Å². The molecule has 150 valence electrons. The molecule has 0 saturated carbocycles. The van der Waals surface area contributed by atoms with E-state index in [4.69, 9.17) is 17.3 Å². The Morgan fingerprint density at radius 3 is 2.87 bits per heavy atom. The zero-order valence-electron chi connectivity index (χ0n) is 15.7. The topological polar surface area (TPSA) is 114 Å². The number of aromatic nitrogens is 4. The Hall–Kier alpha value is -3.90. The molecular weight excluding hydrogens is 409 g/mol. The number of rotatable bonds is 4. The first kappa shape index (κ1) is 19.4. The molecule has 0 fully saturated rings. The highest BCUT2D eigenvalue weighted by Gasteiger charge is 2.20. The van der Waals surface area contributed by atoms with Crippen molar-refractivity contribution in [1.29, 1.82) is 5.26 Å². The summed E-state index contributed by atoms with van der Waals surface area (Å²) in [5.74, 6) is -0.221. The van der Waals surface area contributed by atoms with Crippen LogP contribution in [0.1, 0.15) is 24.2 Å². The van der Waals surface area contributed by atoms with E-state index in [-0.39, 0.29) is 27.7 Å². The van der Waals surface area contributed by atoms with Crippen molar-refractivity contribution in [3.8, 4) is 11.8 Å². The molecule has 0 saturated heterocycles. The van der Waals surface area contributed by atoms with Crippen LogP contribution in [0.5, 0.6) is 0 Å². The third kappa shape index (κ3) is 3.23. The second-order valence-corrected chi connectivity index (χ2v) is 6.96. The van der Waals surface area contributed by atoms with E-state index in [1.165, 1.54) is 29.1 Å². The Kier molecular flexibility index (Phi) is 4.85. The molecule has 3 N–H and O–H groups in total. The van der Waals surface area contributed by atoms with Gasteiger partial charge >= 0.3 is 0 Å². The van der Waals surface area contributed by atoms with Crippen LogP contribution in [0.4, 0.5) is 16.0 Å². The van der Waals surface area contributed by atoms with Gasteiger partial charge < -0.3 is 15.5 Å². The summed E-state index contributed by atoms with van der Waals surface area (Å²) in [6.07, 6.45) is 4.61. The van der Waals surface area contributed by atoms with E-state index >= 15 is 0 Å². The molecule has 0 aliphatic heterocycles. The van der Waals surface area contributed by atoms with E-state index in [1.54, 1.807) is 35.9 Å². The average molecular weight is 424 g/mol. The average Bonchev–Trinajstić information content (AvgIpc) is 3.09. The maximum Gasteiger partial charge on any atom is 0.281 e. The summed E-state index contributed by atoms with van der Waals surface area (Å²) in [6.45, 7) is 1.78. The van der Waals surface area contributed by atoms with Gasteiger partial charge in [-0.3, -0.25) is 9.36 Å². The molecule has 0 amide bonds. The highest BCUT2D eigenvalue weighted by molar-refractivity contribution is 6.33. The highest BCUT2D eigenvalue weighted by atomic mass is 35.5. The smallest absolute Gasteiger partial charge is 0.281 e. The Labute approximate surface area is 175 Å². The third-order valence-electron chi connectivity index (χ3n) is 4.65. The fourth-order valence-electron chi connectivity index (χ4n) is 3.25. The quantitative estimate of drug-likeness (QED) is 0.520. The number of hydrogen-bond donors (Lipinski definition) is 2. The largest absolute Gasteiger partial charge is 0.382 e. The van der Waals surface area contributed by atoms with Gasteiger partial charge in [-0.15, -0.1) is 0 Å². The Morgan fingerprint density at radius 2 is 2.13 bits per heavy atom. The van der Waals surface area contributed by atoms with Gasteiger partial charge in [-0.25, -0.2) is 14.4 Å². The second-order valence-electron chi connectivity index (χ2n) is 6.55. The van der Waals surface area contributed by atoms with Gasteiger partial charge in [0, 0.05) is 12.4 Å². The van der Waals surface area contributed by atoms with Crippen molar-refractivity contribution < 1.29 is 4.39 Å². The molecule has 1 aromatic carbocycles. The summed E-state index contributed by atoms with van der Waals surface area (Å²) in [5, 5.41) is 12.7. The fraction of sp³-hybridized carbons (Fsp3) is 0.100. The van der Waals surface area contributed by atoms with Crippen LogP contribution in [0.2, 0.25) is 5.02 Å². The van der Waals surface area contributed by atoms with E-state index in [0.717, 1.165) is 0 Å². The molecule has 1 unspecified atom stereocenters. The summed E-state index contributed by atoms with van der Waals surface area (Å²) in [4.78, 5) is 21.2. The van der Waals surface area contributed by atoms with Gasteiger partial charge in [0.2, 0.25) is 0 Å². The molecule has 8 nitrogen and oxygen atoms in total. The SMILES string of the molecule is CC(Nc1ncnc(N)c1C#N)c1cn2ccc(Cl)c2c(=O)n1-c1cccc(F)c1. The van der Waals surface area contributed by atoms with Crippen LogP contribution in [0, 0.1) is 17.1 Å². The van der Waals surface area contributed by atoms with Crippen molar-refractivity contribution >= 4 is 28.8 Å². The predicted octanol–water partition coefficient (Wildman–Crippen LogP) is 3.30. The molecule has 10 heteroatoms. The van der Waals surface area contributed by atoms with Crippen molar-refractivity contribution in [3.05, 3.63) is 81.5 Å². The number of halogens is 2. The Morgan fingerprint density at radius 1 is 1.33 bits per heavy atom. The number of nitrogens with zero attached hydrogens (tertiary/aromatic N) is 5. The van der Waals surface area contributed by atoms with Gasteiger partial charge in [-0.05, 0) is 31.2 Å². The Bertz CT molecular complexity index is 1370. The summed E-state index contributed by atoms with van der Waals surface area (Å²) >= 11 is 6.20. The molecule has 4 rings (SSSR count). The lowest BCUT2D eigenvalue weighted by Crippen LogP contribution is -2.27. The normalized spacial score (nSPS) is 11.9. The van der Waals surface area contributed by atoms with E-state index in [0.29, 0.717) is 11.4 Å². The summed E-state index contributed by atoms with van der Waals surface area (Å²) in [5.41, 5.74) is 6.53. The van der Waals surface area contributed by atoms with Gasteiger partial charge in [-0.1, -0.05) is 17.7 Å². The van der Waals surface area contributed by atoms with E-state index in [9.17, 15) is 14.4 Å². The molecule has 30 heavy (non-hydrogen) atoms. The first-order valence-corrected chi connectivity index (χ1v) is 9.23. The molecule has 0 bridgehead atoms. The summed E-state index contributed by atoms with van der Waals surface area (Å²) < 4.78 is 16.9. The monoisotopic (exact) mass is 423 g/mol. The number of nitrogens with two attached hydrogens (primary N) is 1. The maximum atomic E-state index is 13.9. The number of nitriles is 1. The fourth-order valence-corrected chi connectivity index (χ4v) is 3.49. The van der Waals surface area contributed by atoms with Crippen molar-refractivity contribution in [3.63, 3.8) is 0 Å². The van der Waals surface area contributed by atoms with Gasteiger partial charge in [0.15, 0.2) is 0 Å². The molecule has 3 heterocycles. The van der Waals surface area contributed by atoms with Crippen molar-refractivity contribution in [2.75, 3.05) is 11.1 Å². The number of anilines is 2. The third-order valence-corrected chi connectivity index (χ3v) is 4.96. The number of nitrogens with one attached hydrogen (secondary N) is 1. The lowest BCUT2D eigenvalue weighted by atomic mass is 10.2. The number of benzene rings is 1. The standard InChI is InChI=1S/C20H15ClFN7O/c1-11(27-19-14(8-23)18(24)25-10-26-19)16-9-28-6-5-15(21)17(28)20(30)29(16)13-4-2-3-12(22)7-13/h2-7,9-11H,1H3,(H3,24,25,26,27). The van der Waals surface area contributed by atoms with Crippen LogP contribution in [0.25, 0.3) is 11.2 Å². The number of hydrogen-bond acceptors (Lipinski definition) is 6. The van der Waals surface area contributed by atoms with Gasteiger partial charge in [0.05, 0.1) is 22.4 Å². The summed E-state index contributed by atoms with van der Waals surface area (Å²) in [6, 6.07) is 8.74. The molecule has 0 spiro atoms. The van der Waals surface area contributed by atoms with E-state index in [2.05, 4.69) is 15.3 Å². The first-order valence-electron chi connectivity index (χ1n) is 8.86. The summed E-state index contributed by atoms with van der Waals surface area (Å²) in [7, 11) is 0. The van der Waals surface area contributed by atoms with Crippen LogP contribution in [0.15, 0.2) is 53.8 Å². The van der Waals surface area contributed by atoms with E-state index < -0.39 is 17.4 Å². The molecule has 0 aliphatic rings. The van der Waals surface area contributed by atoms with Gasteiger partial charge in [-0.2, -0.15) is 5.26 Å². The van der Waals surface area contributed by atoms with Crippen molar-refractivity contribution in [2.45, 2.75) is 13.0 Å². The lowest BCUT2D eigenvalue weighted by Gasteiger charge is -2.21. The van der Waals surface area contributed by atoms with Crippen LogP contribution in [-0.2, 0) is 0 Å². The zero-order chi connectivity index (χ0) is 21.4. The van der Waals surface area contributed by atoms with Crippen LogP contribution in [0.3, 0.4) is 0 Å². The minimum absolute atomic E-state index is 0.0392. The molecular formula is C20H15ClFN7O. The van der Waals surface area contributed by atoms with Crippen molar-refractivity contribution in [1.82, 2.24) is 18.9 Å². The molecule has 0 radical (unpaired) electrons. The van der Waals surface area contributed by atoms with E-state index in [1.807, 2.05) is 6.07 Å². The molecule has 0 aliphatic carbocycles. The number of nitrogen functional groups attached to an aromatic ring is 1. The van der Waals surface area contributed by atoms with Crippen molar-refractivity contribution in [2.24, 2.45) is 0 Å². The van der Waals surface area contributed by atoms with Crippen LogP contribution < -0.4 is 16.6 Å². The first-order chi connectivity index (χ1) is 14.4. The van der Waals surface area contributed by atoms with Crippen LogP contribution >= 0.6 is 11.6 Å². The zero-order valence-corrected chi connectivity index (χ0v) is 16.4.